The topological polar surface area (TPSA) is 38.7 Å². The molecule has 0 atom stereocenters. The third kappa shape index (κ3) is 2.80. The molecule has 0 fully saturated rings. The molecule has 5 aromatic rings. The zero-order chi connectivity index (χ0) is 18.8. The molecule has 0 N–H and O–H groups in total. The van der Waals surface area contributed by atoms with Gasteiger partial charge in [0.25, 0.3) is 0 Å². The lowest BCUT2D eigenvalue weighted by atomic mass is 9.95. The molecule has 0 unspecified atom stereocenters. The van der Waals surface area contributed by atoms with Crippen molar-refractivity contribution in [1.29, 1.82) is 0 Å². The Hall–Kier alpha value is -3.07. The van der Waals surface area contributed by atoms with Gasteiger partial charge in [-0.1, -0.05) is 57.5 Å². The van der Waals surface area contributed by atoms with E-state index >= 15 is 0 Å². The van der Waals surface area contributed by atoms with Crippen LogP contribution in [0.5, 0.6) is 0 Å². The summed E-state index contributed by atoms with van der Waals surface area (Å²) in [5.41, 5.74) is 4.06. The van der Waals surface area contributed by atoms with Crippen LogP contribution in [0, 0.1) is 0 Å². The molecule has 0 spiro atoms. The van der Waals surface area contributed by atoms with E-state index in [1.807, 2.05) is 30.6 Å². The highest BCUT2D eigenvalue weighted by molar-refractivity contribution is 6.29. The van der Waals surface area contributed by atoms with Crippen molar-refractivity contribution in [2.45, 2.75) is 33.6 Å². The van der Waals surface area contributed by atoms with Crippen LogP contribution in [-0.4, -0.2) is 15.0 Å². The van der Waals surface area contributed by atoms with Crippen molar-refractivity contribution < 1.29 is 0 Å². The molecule has 134 valence electrons. The highest BCUT2D eigenvalue weighted by Crippen LogP contribution is 2.38. The molecular weight excluding hydrogens is 330 g/mol. The summed E-state index contributed by atoms with van der Waals surface area (Å²) in [7, 11) is 0. The molecule has 0 aliphatic heterocycles. The van der Waals surface area contributed by atoms with Crippen LogP contribution in [0.15, 0.2) is 60.9 Å². The van der Waals surface area contributed by atoms with Crippen molar-refractivity contribution in [3.63, 3.8) is 0 Å². The monoisotopic (exact) mass is 353 g/mol. The minimum atomic E-state index is 0.886. The molecule has 0 aliphatic carbocycles. The second-order valence-electron chi connectivity index (χ2n) is 6.69. The van der Waals surface area contributed by atoms with Gasteiger partial charge in [0.1, 0.15) is 0 Å². The lowest BCUT2D eigenvalue weighted by Crippen LogP contribution is -1.96. The summed E-state index contributed by atoms with van der Waals surface area (Å²) >= 11 is 0. The van der Waals surface area contributed by atoms with E-state index in [-0.39, 0.29) is 0 Å². The summed E-state index contributed by atoms with van der Waals surface area (Å²) in [6.07, 6.45) is 5.81. The summed E-state index contributed by atoms with van der Waals surface area (Å²) in [4.78, 5) is 14.2. The normalized spacial score (nSPS) is 11.1. The predicted octanol–water partition coefficient (Wildman–Crippen LogP) is 6.46. The Morgan fingerprint density at radius 1 is 0.667 bits per heavy atom. The maximum Gasteiger partial charge on any atom is 0.0971 e. The Labute approximate surface area is 159 Å². The number of aromatic nitrogens is 3. The van der Waals surface area contributed by atoms with Gasteiger partial charge in [0.05, 0.1) is 16.6 Å². The fourth-order valence-corrected chi connectivity index (χ4v) is 3.68. The van der Waals surface area contributed by atoms with Crippen molar-refractivity contribution in [2.75, 3.05) is 0 Å². The molecule has 5 rings (SSSR count). The van der Waals surface area contributed by atoms with Crippen LogP contribution in [-0.2, 0) is 6.42 Å². The molecule has 27 heavy (non-hydrogen) atoms. The van der Waals surface area contributed by atoms with Crippen molar-refractivity contribution in [3.05, 3.63) is 66.6 Å². The van der Waals surface area contributed by atoms with Gasteiger partial charge in [-0.15, -0.1) is 0 Å². The molecule has 3 heterocycles. The van der Waals surface area contributed by atoms with E-state index < -0.39 is 0 Å². The third-order valence-electron chi connectivity index (χ3n) is 4.68. The zero-order valence-corrected chi connectivity index (χ0v) is 16.0. The van der Waals surface area contributed by atoms with E-state index in [2.05, 4.69) is 61.1 Å². The minimum absolute atomic E-state index is 0.886. The zero-order valence-electron chi connectivity index (χ0n) is 16.0. The van der Waals surface area contributed by atoms with E-state index in [0.717, 1.165) is 39.4 Å². The first kappa shape index (κ1) is 17.3. The summed E-state index contributed by atoms with van der Waals surface area (Å²) in [5, 5.41) is 5.90. The Kier molecular flexibility index (Phi) is 4.68. The van der Waals surface area contributed by atoms with Crippen molar-refractivity contribution in [2.24, 2.45) is 0 Å². The summed E-state index contributed by atoms with van der Waals surface area (Å²) < 4.78 is 0. The van der Waals surface area contributed by atoms with Gasteiger partial charge in [-0.3, -0.25) is 15.0 Å². The first-order valence-electron chi connectivity index (χ1n) is 9.62. The van der Waals surface area contributed by atoms with Gasteiger partial charge in [0.15, 0.2) is 0 Å². The lowest BCUT2D eigenvalue weighted by Gasteiger charge is -2.14. The highest BCUT2D eigenvalue weighted by atomic mass is 14.7. The van der Waals surface area contributed by atoms with Gasteiger partial charge < -0.3 is 0 Å². The Balaban J connectivity index is 0.000000565. The molecule has 0 aliphatic rings. The Morgan fingerprint density at radius 2 is 1.22 bits per heavy atom. The van der Waals surface area contributed by atoms with E-state index in [0.29, 0.717) is 0 Å². The summed E-state index contributed by atoms with van der Waals surface area (Å²) in [6.45, 7) is 6.41. The van der Waals surface area contributed by atoms with Crippen LogP contribution in [0.4, 0.5) is 0 Å². The number of pyridine rings is 3. The smallest absolute Gasteiger partial charge is 0.0971 e. The molecular formula is C24H23N3. The first-order chi connectivity index (χ1) is 13.3. The van der Waals surface area contributed by atoms with Gasteiger partial charge in [-0.25, -0.2) is 0 Å². The maximum atomic E-state index is 4.93. The average molecular weight is 353 g/mol. The van der Waals surface area contributed by atoms with Crippen molar-refractivity contribution >= 4 is 43.5 Å². The van der Waals surface area contributed by atoms with Gasteiger partial charge in [-0.2, -0.15) is 0 Å². The number of hydrogen-bond donors (Lipinski definition) is 0. The van der Waals surface area contributed by atoms with Crippen LogP contribution in [0.25, 0.3) is 43.5 Å². The van der Waals surface area contributed by atoms with Crippen LogP contribution in [0.1, 0.15) is 32.9 Å². The van der Waals surface area contributed by atoms with Gasteiger partial charge in [0.2, 0.25) is 0 Å². The number of rotatable bonds is 1. The average Bonchev–Trinajstić information content (AvgIpc) is 2.73. The Morgan fingerprint density at radius 3 is 1.85 bits per heavy atom. The van der Waals surface area contributed by atoms with E-state index in [9.17, 15) is 0 Å². The maximum absolute atomic E-state index is 4.93. The van der Waals surface area contributed by atoms with Crippen molar-refractivity contribution in [3.8, 4) is 0 Å². The standard InChI is InChI=1S/C21H15N3.C3H8/c1-2-16-19-15-9-6-12-23-21(15)20-14(8-5-11-22-20)18(19)13-7-3-4-10-17(13)24-16;1-3-2/h3-12H,2H2,1H3;3H2,1-2H3. The van der Waals surface area contributed by atoms with E-state index in [1.165, 1.54) is 22.6 Å². The first-order valence-corrected chi connectivity index (χ1v) is 9.62. The third-order valence-corrected chi connectivity index (χ3v) is 4.68. The molecule has 0 radical (unpaired) electrons. The van der Waals surface area contributed by atoms with Crippen molar-refractivity contribution in [1.82, 2.24) is 15.0 Å². The summed E-state index contributed by atoms with van der Waals surface area (Å²) in [5.74, 6) is 0. The van der Waals surface area contributed by atoms with E-state index in [4.69, 9.17) is 4.98 Å². The fraction of sp³-hybridized carbons (Fsp3) is 0.208. The number of aryl methyl sites for hydroxylation is 1. The number of benzene rings is 2. The van der Waals surface area contributed by atoms with Crippen LogP contribution >= 0.6 is 0 Å². The number of para-hydroxylation sites is 1. The molecule has 2 aromatic carbocycles. The second-order valence-corrected chi connectivity index (χ2v) is 6.69. The Bertz CT molecular complexity index is 1260. The lowest BCUT2D eigenvalue weighted by molar-refractivity contribution is 1.08. The van der Waals surface area contributed by atoms with E-state index in [1.54, 1.807) is 0 Å². The molecule has 0 saturated heterocycles. The largest absolute Gasteiger partial charge is 0.254 e. The molecule has 0 amide bonds. The molecule has 3 nitrogen and oxygen atoms in total. The predicted molar refractivity (Wildman–Crippen MR) is 115 cm³/mol. The number of fused-ring (bicyclic) bond motifs is 8. The fourth-order valence-electron chi connectivity index (χ4n) is 3.68. The van der Waals surface area contributed by atoms with Crippen LogP contribution < -0.4 is 0 Å². The highest BCUT2D eigenvalue weighted by Gasteiger charge is 2.16. The van der Waals surface area contributed by atoms with Crippen LogP contribution in [0.2, 0.25) is 0 Å². The quantitative estimate of drug-likeness (QED) is 0.324. The van der Waals surface area contributed by atoms with Crippen LogP contribution in [0.3, 0.4) is 0 Å². The minimum Gasteiger partial charge on any atom is -0.254 e. The summed E-state index contributed by atoms with van der Waals surface area (Å²) in [6, 6.07) is 16.6. The number of hydrogen-bond acceptors (Lipinski definition) is 3. The SMILES string of the molecule is CCC.CCc1nc2ccccc2c2c3cccnc3c3ncccc3c12. The molecule has 0 saturated carbocycles. The molecule has 3 aromatic heterocycles. The van der Waals surface area contributed by atoms with Gasteiger partial charge in [0, 0.05) is 45.0 Å². The second kappa shape index (κ2) is 7.28. The number of nitrogens with zero attached hydrogens (tertiary/aromatic N) is 3. The van der Waals surface area contributed by atoms with Gasteiger partial charge in [-0.05, 0) is 24.6 Å². The molecule has 3 heteroatoms. The molecule has 0 bridgehead atoms. The van der Waals surface area contributed by atoms with Gasteiger partial charge >= 0.3 is 0 Å².